The average Bonchev–Trinajstić information content (AvgIpc) is 2.34. The van der Waals surface area contributed by atoms with E-state index in [2.05, 4.69) is 27.7 Å². The summed E-state index contributed by atoms with van der Waals surface area (Å²) in [7, 11) is 0. The molecular formula is C16H34O3. The van der Waals surface area contributed by atoms with Gasteiger partial charge in [0.25, 0.3) is 0 Å². The van der Waals surface area contributed by atoms with E-state index in [1.165, 1.54) is 12.8 Å². The Bertz CT molecular complexity index is 151. The first-order chi connectivity index (χ1) is 9.13. The Morgan fingerprint density at radius 2 is 1.00 bits per heavy atom. The Balaban J connectivity index is 2.95. The highest BCUT2D eigenvalue weighted by molar-refractivity contribution is 4.46. The maximum absolute atomic E-state index is 5.51. The highest BCUT2D eigenvalue weighted by Gasteiger charge is 1.96. The SMILES string of the molecule is CC(C)CCCCOCCOCCOCCC(C)C. The van der Waals surface area contributed by atoms with Crippen molar-refractivity contribution in [3.8, 4) is 0 Å². The summed E-state index contributed by atoms with van der Waals surface area (Å²) in [5.74, 6) is 1.52. The van der Waals surface area contributed by atoms with Crippen LogP contribution >= 0.6 is 0 Å². The number of hydrogen-bond donors (Lipinski definition) is 0. The molecule has 116 valence electrons. The molecule has 0 aliphatic rings. The van der Waals surface area contributed by atoms with Crippen LogP contribution in [0.3, 0.4) is 0 Å². The summed E-state index contributed by atoms with van der Waals surface area (Å²) >= 11 is 0. The van der Waals surface area contributed by atoms with Gasteiger partial charge in [-0.3, -0.25) is 0 Å². The minimum absolute atomic E-state index is 0.675. The molecule has 0 rings (SSSR count). The van der Waals surface area contributed by atoms with Crippen LogP contribution in [0.15, 0.2) is 0 Å². The summed E-state index contributed by atoms with van der Waals surface area (Å²) in [6.07, 6.45) is 4.85. The second-order valence-electron chi connectivity index (χ2n) is 5.91. The molecule has 3 nitrogen and oxygen atoms in total. The molecule has 0 radical (unpaired) electrons. The molecule has 0 unspecified atom stereocenters. The summed E-state index contributed by atoms with van der Waals surface area (Å²) in [4.78, 5) is 0. The van der Waals surface area contributed by atoms with E-state index >= 15 is 0 Å². The van der Waals surface area contributed by atoms with E-state index in [0.717, 1.165) is 32.0 Å². The highest BCUT2D eigenvalue weighted by atomic mass is 16.5. The molecule has 0 amide bonds. The van der Waals surface area contributed by atoms with E-state index < -0.39 is 0 Å². The molecule has 19 heavy (non-hydrogen) atoms. The number of ether oxygens (including phenoxy) is 3. The molecule has 0 heterocycles. The average molecular weight is 274 g/mol. The molecule has 0 aromatic carbocycles. The summed E-state index contributed by atoms with van der Waals surface area (Å²) < 4.78 is 16.4. The van der Waals surface area contributed by atoms with Crippen molar-refractivity contribution in [3.63, 3.8) is 0 Å². The zero-order chi connectivity index (χ0) is 14.3. The third-order valence-corrected chi connectivity index (χ3v) is 2.90. The van der Waals surface area contributed by atoms with E-state index in [1.807, 2.05) is 0 Å². The fourth-order valence-corrected chi connectivity index (χ4v) is 1.62. The molecule has 0 saturated heterocycles. The smallest absolute Gasteiger partial charge is 0.0701 e. The molecule has 3 heteroatoms. The van der Waals surface area contributed by atoms with Crippen LogP contribution in [0.5, 0.6) is 0 Å². The third kappa shape index (κ3) is 17.9. The fourth-order valence-electron chi connectivity index (χ4n) is 1.62. The van der Waals surface area contributed by atoms with E-state index in [-0.39, 0.29) is 0 Å². The molecule has 0 N–H and O–H groups in total. The van der Waals surface area contributed by atoms with Crippen molar-refractivity contribution < 1.29 is 14.2 Å². The van der Waals surface area contributed by atoms with Gasteiger partial charge in [0.05, 0.1) is 26.4 Å². The van der Waals surface area contributed by atoms with Crippen molar-refractivity contribution in [2.75, 3.05) is 39.6 Å². The van der Waals surface area contributed by atoms with E-state index in [1.54, 1.807) is 0 Å². The van der Waals surface area contributed by atoms with Gasteiger partial charge >= 0.3 is 0 Å². The van der Waals surface area contributed by atoms with Crippen LogP contribution in [0.25, 0.3) is 0 Å². The Morgan fingerprint density at radius 3 is 1.53 bits per heavy atom. The second-order valence-corrected chi connectivity index (χ2v) is 5.91. The number of unbranched alkanes of at least 4 members (excludes halogenated alkanes) is 1. The predicted molar refractivity (Wildman–Crippen MR) is 80.6 cm³/mol. The summed E-state index contributed by atoms with van der Waals surface area (Å²) in [5.41, 5.74) is 0. The lowest BCUT2D eigenvalue weighted by Crippen LogP contribution is -2.10. The number of hydrogen-bond acceptors (Lipinski definition) is 3. The molecule has 0 fully saturated rings. The standard InChI is InChI=1S/C16H34O3/c1-15(2)7-5-6-9-17-11-13-19-14-12-18-10-8-16(3)4/h15-16H,5-14H2,1-4H3. The Hall–Kier alpha value is -0.120. The van der Waals surface area contributed by atoms with Crippen molar-refractivity contribution in [1.29, 1.82) is 0 Å². The van der Waals surface area contributed by atoms with Crippen LogP contribution in [-0.2, 0) is 14.2 Å². The van der Waals surface area contributed by atoms with Crippen LogP contribution in [0.1, 0.15) is 53.4 Å². The lowest BCUT2D eigenvalue weighted by Gasteiger charge is -2.08. The molecular weight excluding hydrogens is 240 g/mol. The molecule has 0 saturated carbocycles. The maximum atomic E-state index is 5.51. The van der Waals surface area contributed by atoms with Gasteiger partial charge in [0.1, 0.15) is 0 Å². The minimum Gasteiger partial charge on any atom is -0.379 e. The Labute approximate surface area is 120 Å². The van der Waals surface area contributed by atoms with Crippen molar-refractivity contribution in [2.45, 2.75) is 53.4 Å². The number of rotatable bonds is 14. The van der Waals surface area contributed by atoms with Crippen molar-refractivity contribution >= 4 is 0 Å². The van der Waals surface area contributed by atoms with Crippen molar-refractivity contribution in [3.05, 3.63) is 0 Å². The van der Waals surface area contributed by atoms with Gasteiger partial charge in [-0.2, -0.15) is 0 Å². The zero-order valence-corrected chi connectivity index (χ0v) is 13.5. The predicted octanol–water partition coefficient (Wildman–Crippen LogP) is 3.91. The molecule has 0 spiro atoms. The van der Waals surface area contributed by atoms with Gasteiger partial charge in [0.15, 0.2) is 0 Å². The largest absolute Gasteiger partial charge is 0.379 e. The first-order valence-corrected chi connectivity index (χ1v) is 7.86. The van der Waals surface area contributed by atoms with E-state index in [0.29, 0.717) is 32.3 Å². The van der Waals surface area contributed by atoms with Gasteiger partial charge in [-0.25, -0.2) is 0 Å². The molecule has 0 atom stereocenters. The van der Waals surface area contributed by atoms with Gasteiger partial charge in [0, 0.05) is 13.2 Å². The zero-order valence-electron chi connectivity index (χ0n) is 13.5. The van der Waals surface area contributed by atoms with Crippen LogP contribution in [-0.4, -0.2) is 39.6 Å². The Kier molecular flexibility index (Phi) is 14.2. The summed E-state index contributed by atoms with van der Waals surface area (Å²) in [5, 5.41) is 0. The minimum atomic E-state index is 0.675. The van der Waals surface area contributed by atoms with Crippen LogP contribution in [0.2, 0.25) is 0 Å². The topological polar surface area (TPSA) is 27.7 Å². The highest BCUT2D eigenvalue weighted by Crippen LogP contribution is 2.05. The normalized spacial score (nSPS) is 11.7. The van der Waals surface area contributed by atoms with E-state index in [4.69, 9.17) is 14.2 Å². The van der Waals surface area contributed by atoms with Crippen molar-refractivity contribution in [1.82, 2.24) is 0 Å². The lowest BCUT2D eigenvalue weighted by molar-refractivity contribution is 0.0121. The van der Waals surface area contributed by atoms with Crippen molar-refractivity contribution in [2.24, 2.45) is 11.8 Å². The molecule has 0 aromatic rings. The van der Waals surface area contributed by atoms with Crippen LogP contribution < -0.4 is 0 Å². The quantitative estimate of drug-likeness (QED) is 0.449. The first-order valence-electron chi connectivity index (χ1n) is 7.86. The maximum Gasteiger partial charge on any atom is 0.0701 e. The van der Waals surface area contributed by atoms with Gasteiger partial charge in [-0.05, 0) is 24.7 Å². The lowest BCUT2D eigenvalue weighted by atomic mass is 10.1. The molecule has 0 aromatic heterocycles. The second kappa shape index (κ2) is 14.3. The molecule has 0 aliphatic heterocycles. The third-order valence-electron chi connectivity index (χ3n) is 2.90. The molecule has 0 aliphatic carbocycles. The van der Waals surface area contributed by atoms with Gasteiger partial charge in [0.2, 0.25) is 0 Å². The summed E-state index contributed by atoms with van der Waals surface area (Å²) in [6, 6.07) is 0. The fraction of sp³-hybridized carbons (Fsp3) is 1.00. The Morgan fingerprint density at radius 1 is 0.526 bits per heavy atom. The van der Waals surface area contributed by atoms with Crippen LogP contribution in [0, 0.1) is 11.8 Å². The van der Waals surface area contributed by atoms with Crippen LogP contribution in [0.4, 0.5) is 0 Å². The van der Waals surface area contributed by atoms with E-state index in [9.17, 15) is 0 Å². The monoisotopic (exact) mass is 274 g/mol. The first kappa shape index (κ1) is 18.9. The van der Waals surface area contributed by atoms with Gasteiger partial charge < -0.3 is 14.2 Å². The molecule has 0 bridgehead atoms. The van der Waals surface area contributed by atoms with Gasteiger partial charge in [-0.1, -0.05) is 40.5 Å². The van der Waals surface area contributed by atoms with Gasteiger partial charge in [-0.15, -0.1) is 0 Å². The summed E-state index contributed by atoms with van der Waals surface area (Å²) in [6.45, 7) is 13.4.